The van der Waals surface area contributed by atoms with Gasteiger partial charge in [-0.05, 0) is 26.3 Å². The molecular weight excluding hydrogens is 188 g/mol. The van der Waals surface area contributed by atoms with Crippen molar-refractivity contribution in [3.8, 4) is 0 Å². The zero-order chi connectivity index (χ0) is 11.4. The van der Waals surface area contributed by atoms with E-state index in [0.717, 1.165) is 12.0 Å². The van der Waals surface area contributed by atoms with Crippen LogP contribution in [-0.2, 0) is 0 Å². The lowest BCUT2D eigenvalue weighted by Crippen LogP contribution is -2.07. The molecule has 0 N–H and O–H groups in total. The fourth-order valence-electron chi connectivity index (χ4n) is 1.55. The number of aryl methyl sites for hydroxylation is 1. The van der Waals surface area contributed by atoms with E-state index in [0.29, 0.717) is 17.5 Å². The van der Waals surface area contributed by atoms with Crippen LogP contribution in [-0.4, -0.2) is 11.6 Å². The lowest BCUT2D eigenvalue weighted by atomic mass is 9.96. The van der Waals surface area contributed by atoms with Crippen LogP contribution in [0.3, 0.4) is 0 Å². The van der Waals surface area contributed by atoms with E-state index in [1.165, 1.54) is 6.92 Å². The molecule has 0 aliphatic rings. The largest absolute Gasteiger partial charge is 0.294 e. The zero-order valence-corrected chi connectivity index (χ0v) is 9.46. The van der Waals surface area contributed by atoms with Crippen molar-refractivity contribution in [3.05, 3.63) is 34.9 Å². The van der Waals surface area contributed by atoms with Gasteiger partial charge in [0.2, 0.25) is 0 Å². The normalized spacial score (nSPS) is 10.1. The Bertz CT molecular complexity index is 392. The fraction of sp³-hybridized carbons (Fsp3) is 0.385. The molecule has 0 unspecified atom stereocenters. The molecule has 80 valence electrons. The van der Waals surface area contributed by atoms with Crippen molar-refractivity contribution in [3.63, 3.8) is 0 Å². The van der Waals surface area contributed by atoms with Gasteiger partial charge in [-0.15, -0.1) is 0 Å². The van der Waals surface area contributed by atoms with Gasteiger partial charge in [0, 0.05) is 17.5 Å². The summed E-state index contributed by atoms with van der Waals surface area (Å²) in [6.45, 7) is 5.37. The molecule has 0 saturated carbocycles. The molecule has 1 aromatic rings. The summed E-state index contributed by atoms with van der Waals surface area (Å²) in [6.07, 6.45) is 1.31. The molecule has 0 amide bonds. The number of rotatable bonds is 4. The Labute approximate surface area is 90.3 Å². The molecular formula is C13H16O2. The molecule has 1 aromatic carbocycles. The standard InChI is InChI=1S/C13H16O2/c1-4-5-13(15)11-7-6-9(2)8-12(11)10(3)14/h6-8H,4-5H2,1-3H3. The molecule has 0 atom stereocenters. The van der Waals surface area contributed by atoms with Crippen molar-refractivity contribution >= 4 is 11.6 Å². The Kier molecular flexibility index (Phi) is 3.78. The third-order valence-corrected chi connectivity index (χ3v) is 2.33. The van der Waals surface area contributed by atoms with E-state index in [1.54, 1.807) is 12.1 Å². The second-order valence-electron chi connectivity index (χ2n) is 3.78. The zero-order valence-electron chi connectivity index (χ0n) is 9.46. The quantitative estimate of drug-likeness (QED) is 0.706. The van der Waals surface area contributed by atoms with E-state index in [1.807, 2.05) is 19.9 Å². The lowest BCUT2D eigenvalue weighted by Gasteiger charge is -2.06. The predicted octanol–water partition coefficient (Wildman–Crippen LogP) is 3.18. The van der Waals surface area contributed by atoms with Crippen molar-refractivity contribution in [2.45, 2.75) is 33.6 Å². The summed E-state index contributed by atoms with van der Waals surface area (Å²) in [5.74, 6) is 0.0147. The number of carbonyl (C=O) groups is 2. The average Bonchev–Trinajstić information content (AvgIpc) is 2.17. The van der Waals surface area contributed by atoms with E-state index in [4.69, 9.17) is 0 Å². The summed E-state index contributed by atoms with van der Waals surface area (Å²) in [5.41, 5.74) is 2.12. The number of ketones is 2. The van der Waals surface area contributed by atoms with E-state index < -0.39 is 0 Å². The summed E-state index contributed by atoms with van der Waals surface area (Å²) in [4.78, 5) is 23.1. The molecule has 15 heavy (non-hydrogen) atoms. The van der Waals surface area contributed by atoms with Gasteiger partial charge in [-0.25, -0.2) is 0 Å². The summed E-state index contributed by atoms with van der Waals surface area (Å²) in [5, 5.41) is 0. The molecule has 0 fully saturated rings. The van der Waals surface area contributed by atoms with Crippen LogP contribution in [0.4, 0.5) is 0 Å². The number of carbonyl (C=O) groups excluding carboxylic acids is 2. The predicted molar refractivity (Wildman–Crippen MR) is 60.4 cm³/mol. The highest BCUT2D eigenvalue weighted by Gasteiger charge is 2.13. The van der Waals surface area contributed by atoms with Crippen LogP contribution in [0.15, 0.2) is 18.2 Å². The second kappa shape index (κ2) is 4.87. The Morgan fingerprint density at radius 3 is 2.40 bits per heavy atom. The first-order valence-corrected chi connectivity index (χ1v) is 5.21. The molecule has 1 rings (SSSR count). The van der Waals surface area contributed by atoms with Crippen molar-refractivity contribution in [1.82, 2.24) is 0 Å². The lowest BCUT2D eigenvalue weighted by molar-refractivity contribution is 0.0961. The van der Waals surface area contributed by atoms with Crippen LogP contribution in [0, 0.1) is 6.92 Å². The molecule has 0 spiro atoms. The maximum atomic E-state index is 11.7. The third-order valence-electron chi connectivity index (χ3n) is 2.33. The SMILES string of the molecule is CCCC(=O)c1ccc(C)cc1C(C)=O. The van der Waals surface area contributed by atoms with Gasteiger partial charge in [-0.3, -0.25) is 9.59 Å². The summed E-state index contributed by atoms with van der Waals surface area (Å²) >= 11 is 0. The highest BCUT2D eigenvalue weighted by atomic mass is 16.1. The first kappa shape index (κ1) is 11.6. The first-order valence-electron chi connectivity index (χ1n) is 5.21. The van der Waals surface area contributed by atoms with Gasteiger partial charge in [0.25, 0.3) is 0 Å². The van der Waals surface area contributed by atoms with Crippen LogP contribution >= 0.6 is 0 Å². The van der Waals surface area contributed by atoms with Crippen LogP contribution in [0.5, 0.6) is 0 Å². The smallest absolute Gasteiger partial charge is 0.163 e. The van der Waals surface area contributed by atoms with Crippen LogP contribution in [0.1, 0.15) is 53.0 Å². The minimum Gasteiger partial charge on any atom is -0.294 e. The molecule has 2 heteroatoms. The summed E-state index contributed by atoms with van der Waals surface area (Å²) in [6, 6.07) is 5.41. The summed E-state index contributed by atoms with van der Waals surface area (Å²) < 4.78 is 0. The first-order chi connectivity index (χ1) is 7.06. The third kappa shape index (κ3) is 2.75. The van der Waals surface area contributed by atoms with Crippen molar-refractivity contribution < 1.29 is 9.59 Å². The number of Topliss-reactive ketones (excluding diaryl/α,β-unsaturated/α-hetero) is 2. The monoisotopic (exact) mass is 204 g/mol. The maximum absolute atomic E-state index is 11.7. The van der Waals surface area contributed by atoms with Crippen LogP contribution in [0.25, 0.3) is 0 Å². The second-order valence-corrected chi connectivity index (χ2v) is 3.78. The van der Waals surface area contributed by atoms with E-state index in [9.17, 15) is 9.59 Å². The van der Waals surface area contributed by atoms with Crippen LogP contribution in [0.2, 0.25) is 0 Å². The average molecular weight is 204 g/mol. The van der Waals surface area contributed by atoms with Gasteiger partial charge < -0.3 is 0 Å². The van der Waals surface area contributed by atoms with Crippen molar-refractivity contribution in [1.29, 1.82) is 0 Å². The molecule has 0 radical (unpaired) electrons. The van der Waals surface area contributed by atoms with E-state index in [-0.39, 0.29) is 11.6 Å². The van der Waals surface area contributed by atoms with Crippen molar-refractivity contribution in [2.24, 2.45) is 0 Å². The molecule has 0 aliphatic heterocycles. The molecule has 0 saturated heterocycles. The van der Waals surface area contributed by atoms with E-state index in [2.05, 4.69) is 0 Å². The molecule has 0 aromatic heterocycles. The van der Waals surface area contributed by atoms with Crippen molar-refractivity contribution in [2.75, 3.05) is 0 Å². The Morgan fingerprint density at radius 1 is 1.20 bits per heavy atom. The van der Waals surface area contributed by atoms with Gasteiger partial charge >= 0.3 is 0 Å². The van der Waals surface area contributed by atoms with Gasteiger partial charge in [-0.2, -0.15) is 0 Å². The highest BCUT2D eigenvalue weighted by molar-refractivity contribution is 6.08. The molecule has 0 aliphatic carbocycles. The van der Waals surface area contributed by atoms with Gasteiger partial charge in [0.05, 0.1) is 0 Å². The molecule has 0 bridgehead atoms. The Balaban J connectivity index is 3.17. The number of hydrogen-bond donors (Lipinski definition) is 0. The Hall–Kier alpha value is -1.44. The van der Waals surface area contributed by atoms with E-state index >= 15 is 0 Å². The van der Waals surface area contributed by atoms with Gasteiger partial charge in [-0.1, -0.05) is 24.6 Å². The minimum atomic E-state index is -0.0434. The van der Waals surface area contributed by atoms with Gasteiger partial charge in [0.15, 0.2) is 11.6 Å². The number of hydrogen-bond acceptors (Lipinski definition) is 2. The molecule has 0 heterocycles. The fourth-order valence-corrected chi connectivity index (χ4v) is 1.55. The highest BCUT2D eigenvalue weighted by Crippen LogP contribution is 2.15. The topological polar surface area (TPSA) is 34.1 Å². The minimum absolute atomic E-state index is 0.0434. The van der Waals surface area contributed by atoms with Crippen LogP contribution < -0.4 is 0 Å². The summed E-state index contributed by atoms with van der Waals surface area (Å²) in [7, 11) is 0. The number of benzene rings is 1. The van der Waals surface area contributed by atoms with Gasteiger partial charge in [0.1, 0.15) is 0 Å². The molecule has 2 nitrogen and oxygen atoms in total. The maximum Gasteiger partial charge on any atom is 0.163 e. The Morgan fingerprint density at radius 2 is 1.87 bits per heavy atom.